The molecule has 2 aromatic carbocycles. The van der Waals surface area contributed by atoms with Crippen LogP contribution in [-0.4, -0.2) is 36.1 Å². The van der Waals surface area contributed by atoms with Crippen molar-refractivity contribution in [2.45, 2.75) is 20.4 Å². The number of benzene rings is 2. The summed E-state index contributed by atoms with van der Waals surface area (Å²) in [6.45, 7) is 4.90. The number of hydrogen-bond donors (Lipinski definition) is 1. The second kappa shape index (κ2) is 10.1. The third kappa shape index (κ3) is 5.22. The molecule has 9 heteroatoms. The Morgan fingerprint density at radius 2 is 1.77 bits per heavy atom. The summed E-state index contributed by atoms with van der Waals surface area (Å²) in [6.07, 6.45) is 3.29. The van der Waals surface area contributed by atoms with Crippen LogP contribution in [0.25, 0.3) is 6.08 Å². The molecule has 1 fully saturated rings. The number of halogens is 1. The summed E-state index contributed by atoms with van der Waals surface area (Å²) in [5.41, 5.74) is 2.89. The van der Waals surface area contributed by atoms with E-state index < -0.39 is 17.8 Å². The smallest absolute Gasteiger partial charge is 0.335 e. The number of nitrogens with zero attached hydrogens (tertiary/aromatic N) is 2. The van der Waals surface area contributed by atoms with E-state index in [2.05, 4.69) is 11.4 Å². The molecule has 3 aromatic rings. The molecule has 1 aliphatic heterocycles. The number of imide groups is 2. The highest BCUT2D eigenvalue weighted by molar-refractivity contribution is 6.39. The van der Waals surface area contributed by atoms with Gasteiger partial charge in [-0.1, -0.05) is 17.7 Å². The molecule has 1 aromatic heterocycles. The number of carbonyl (C=O) groups is 3. The van der Waals surface area contributed by atoms with Crippen molar-refractivity contribution in [3.63, 3.8) is 0 Å². The molecule has 0 saturated carbocycles. The van der Waals surface area contributed by atoms with Crippen LogP contribution >= 0.6 is 11.6 Å². The van der Waals surface area contributed by atoms with Crippen molar-refractivity contribution in [1.82, 2.24) is 9.88 Å². The van der Waals surface area contributed by atoms with E-state index in [4.69, 9.17) is 21.1 Å². The number of barbiturate groups is 1. The van der Waals surface area contributed by atoms with Crippen LogP contribution < -0.4 is 19.7 Å². The lowest BCUT2D eigenvalue weighted by Gasteiger charge is -2.26. The van der Waals surface area contributed by atoms with Crippen LogP contribution in [0.5, 0.6) is 11.5 Å². The summed E-state index contributed by atoms with van der Waals surface area (Å²) in [5.74, 6) is -0.342. The van der Waals surface area contributed by atoms with E-state index in [0.717, 1.165) is 21.8 Å². The monoisotopic (exact) mass is 493 g/mol. The average Bonchev–Trinajstić information content (AvgIpc) is 3.23. The Bertz CT molecular complexity index is 1320. The van der Waals surface area contributed by atoms with Gasteiger partial charge in [-0.3, -0.25) is 14.9 Å². The molecule has 0 bridgehead atoms. The Kier molecular flexibility index (Phi) is 6.93. The minimum absolute atomic E-state index is 0.174. The first-order chi connectivity index (χ1) is 16.8. The third-order valence-corrected chi connectivity index (χ3v) is 5.74. The molecular weight excluding hydrogens is 470 g/mol. The number of carbonyl (C=O) groups excluding carboxylic acids is 3. The summed E-state index contributed by atoms with van der Waals surface area (Å²) in [4.78, 5) is 39.1. The number of anilines is 1. The number of aromatic nitrogens is 1. The summed E-state index contributed by atoms with van der Waals surface area (Å²) >= 11 is 6.16. The van der Waals surface area contributed by atoms with Crippen molar-refractivity contribution in [3.05, 3.63) is 82.1 Å². The van der Waals surface area contributed by atoms with E-state index in [-0.39, 0.29) is 16.3 Å². The quantitative estimate of drug-likeness (QED) is 0.386. The highest BCUT2D eigenvalue weighted by Gasteiger charge is 2.37. The van der Waals surface area contributed by atoms with Gasteiger partial charge in [-0.05, 0) is 73.5 Å². The highest BCUT2D eigenvalue weighted by atomic mass is 35.5. The van der Waals surface area contributed by atoms with Crippen LogP contribution in [0.4, 0.5) is 10.5 Å². The lowest BCUT2D eigenvalue weighted by atomic mass is 10.1. The van der Waals surface area contributed by atoms with Crippen LogP contribution in [0.15, 0.2) is 60.3 Å². The number of aryl methyl sites for hydroxylation is 2. The second-order valence-electron chi connectivity index (χ2n) is 8.08. The molecule has 0 spiro atoms. The third-order valence-electron chi connectivity index (χ3n) is 5.45. The Labute approximate surface area is 207 Å². The highest BCUT2D eigenvalue weighted by Crippen LogP contribution is 2.31. The zero-order valence-electron chi connectivity index (χ0n) is 19.5. The van der Waals surface area contributed by atoms with Gasteiger partial charge in [0.1, 0.15) is 23.7 Å². The fraction of sp³-hybridized carbons (Fsp3) is 0.192. The molecule has 0 aliphatic carbocycles. The van der Waals surface area contributed by atoms with Gasteiger partial charge in [0.2, 0.25) is 0 Å². The van der Waals surface area contributed by atoms with E-state index in [0.29, 0.717) is 24.6 Å². The van der Waals surface area contributed by atoms with E-state index in [1.165, 1.54) is 25.3 Å². The maximum Gasteiger partial charge on any atom is 0.335 e. The number of nitrogens with one attached hydrogen (secondary N) is 1. The van der Waals surface area contributed by atoms with Crippen LogP contribution in [0.2, 0.25) is 5.02 Å². The minimum Gasteiger partial charge on any atom is -0.495 e. The van der Waals surface area contributed by atoms with Gasteiger partial charge in [0, 0.05) is 11.9 Å². The Hall–Kier alpha value is -4.04. The normalized spacial score (nSPS) is 14.9. The van der Waals surface area contributed by atoms with Gasteiger partial charge in [0.05, 0.1) is 24.4 Å². The number of rotatable bonds is 7. The van der Waals surface area contributed by atoms with E-state index >= 15 is 0 Å². The molecule has 0 unspecified atom stereocenters. The predicted molar refractivity (Wildman–Crippen MR) is 133 cm³/mol. The van der Waals surface area contributed by atoms with Crippen molar-refractivity contribution in [3.8, 4) is 11.5 Å². The first-order valence-electron chi connectivity index (χ1n) is 10.9. The summed E-state index contributed by atoms with van der Waals surface area (Å²) in [7, 11) is 1.46. The van der Waals surface area contributed by atoms with Crippen molar-refractivity contribution < 1.29 is 23.9 Å². The van der Waals surface area contributed by atoms with Crippen LogP contribution in [0.1, 0.15) is 16.8 Å². The largest absolute Gasteiger partial charge is 0.495 e. The van der Waals surface area contributed by atoms with Gasteiger partial charge >= 0.3 is 6.03 Å². The number of hydrogen-bond acceptors (Lipinski definition) is 5. The summed E-state index contributed by atoms with van der Waals surface area (Å²) in [6, 6.07) is 13.2. The first kappa shape index (κ1) is 24.1. The topological polar surface area (TPSA) is 89.9 Å². The Balaban J connectivity index is 1.54. The van der Waals surface area contributed by atoms with Crippen LogP contribution in [0.3, 0.4) is 0 Å². The van der Waals surface area contributed by atoms with Crippen molar-refractivity contribution in [2.24, 2.45) is 0 Å². The first-order valence-corrected chi connectivity index (χ1v) is 11.3. The fourth-order valence-corrected chi connectivity index (χ4v) is 4.13. The lowest BCUT2D eigenvalue weighted by Crippen LogP contribution is -2.54. The zero-order chi connectivity index (χ0) is 25.1. The molecule has 4 amide bonds. The van der Waals surface area contributed by atoms with Crippen molar-refractivity contribution in [1.29, 1.82) is 0 Å². The number of amides is 4. The fourth-order valence-electron chi connectivity index (χ4n) is 3.87. The minimum atomic E-state index is -0.851. The molecule has 0 atom stereocenters. The molecule has 4 rings (SSSR count). The second-order valence-corrected chi connectivity index (χ2v) is 8.48. The molecule has 8 nitrogen and oxygen atoms in total. The maximum absolute atomic E-state index is 13.2. The molecule has 1 aliphatic rings. The molecule has 1 saturated heterocycles. The van der Waals surface area contributed by atoms with Gasteiger partial charge < -0.3 is 14.0 Å². The number of ether oxygens (including phenoxy) is 2. The molecule has 180 valence electrons. The Morgan fingerprint density at radius 1 is 1.03 bits per heavy atom. The van der Waals surface area contributed by atoms with E-state index in [1.807, 2.05) is 36.7 Å². The van der Waals surface area contributed by atoms with Gasteiger partial charge in [-0.25, -0.2) is 9.69 Å². The average molecular weight is 494 g/mol. The molecule has 2 heterocycles. The van der Waals surface area contributed by atoms with E-state index in [1.54, 1.807) is 18.2 Å². The number of methoxy groups -OCH3 is 1. The number of urea groups is 1. The summed E-state index contributed by atoms with van der Waals surface area (Å²) in [5, 5.41) is 2.44. The van der Waals surface area contributed by atoms with Crippen LogP contribution in [0, 0.1) is 13.8 Å². The Morgan fingerprint density at radius 3 is 2.46 bits per heavy atom. The van der Waals surface area contributed by atoms with Gasteiger partial charge in [0.15, 0.2) is 0 Å². The van der Waals surface area contributed by atoms with Gasteiger partial charge in [-0.15, -0.1) is 0 Å². The van der Waals surface area contributed by atoms with Gasteiger partial charge in [0.25, 0.3) is 11.8 Å². The zero-order valence-corrected chi connectivity index (χ0v) is 20.3. The molecule has 1 N–H and O–H groups in total. The maximum atomic E-state index is 13.2. The molecular formula is C26H24ClN3O5. The van der Waals surface area contributed by atoms with Crippen LogP contribution in [-0.2, 0) is 16.1 Å². The van der Waals surface area contributed by atoms with Gasteiger partial charge in [-0.2, -0.15) is 0 Å². The van der Waals surface area contributed by atoms with E-state index in [9.17, 15) is 14.4 Å². The SMILES string of the molecule is COc1ccc(N2C(=O)NC(=O)C(=Cc3cccn3CCOc3cc(C)cc(C)c3)C2=O)cc1Cl. The molecule has 0 radical (unpaired) electrons. The standard InChI is InChI=1S/C26H24ClN3O5/c1-16-11-17(2)13-20(12-16)35-10-9-29-8-4-5-18(29)14-21-24(31)28-26(33)30(25(21)32)19-6-7-23(34-3)22(27)15-19/h4-8,11-15H,9-10H2,1-3H3,(H,28,31,33). The summed E-state index contributed by atoms with van der Waals surface area (Å²) < 4.78 is 12.9. The predicted octanol–water partition coefficient (Wildman–Crippen LogP) is 4.51. The van der Waals surface area contributed by atoms with Crippen molar-refractivity contribution >= 4 is 41.2 Å². The lowest BCUT2D eigenvalue weighted by molar-refractivity contribution is -0.122. The molecule has 35 heavy (non-hydrogen) atoms. The van der Waals surface area contributed by atoms with Crippen molar-refractivity contribution in [2.75, 3.05) is 18.6 Å².